The summed E-state index contributed by atoms with van der Waals surface area (Å²) in [6, 6.07) is 0. The lowest BCUT2D eigenvalue weighted by molar-refractivity contribution is -0.870. The van der Waals surface area contributed by atoms with Gasteiger partial charge >= 0.3 is 17.9 Å². The van der Waals surface area contributed by atoms with Gasteiger partial charge in [0.2, 0.25) is 0 Å². The Morgan fingerprint density at radius 3 is 1.45 bits per heavy atom. The SMILES string of the molecule is CCCCCC/C=C\CCCCCCCC(=O)OCC(COC(OCC[N+](C)(C)C)C(=O)O)OC(=O)CCCCCCC/C=C\CCCCCC. The van der Waals surface area contributed by atoms with E-state index in [1.165, 1.54) is 64.2 Å². The topological polar surface area (TPSA) is 108 Å². The molecule has 0 aromatic rings. The summed E-state index contributed by atoms with van der Waals surface area (Å²) in [5.41, 5.74) is 0. The Morgan fingerprint density at radius 2 is 1.00 bits per heavy atom. The molecule has 0 aliphatic heterocycles. The molecule has 0 fully saturated rings. The third-order valence-electron chi connectivity index (χ3n) is 8.68. The average molecular weight is 725 g/mol. The van der Waals surface area contributed by atoms with Gasteiger partial charge < -0.3 is 28.5 Å². The van der Waals surface area contributed by atoms with E-state index in [2.05, 4.69) is 38.2 Å². The van der Waals surface area contributed by atoms with Gasteiger partial charge in [-0.2, -0.15) is 0 Å². The Hall–Kier alpha value is -2.23. The number of likely N-dealkylation sites (N-methyl/N-ethyl adjacent to an activating group) is 1. The molecule has 0 aliphatic rings. The first-order chi connectivity index (χ1) is 24.6. The van der Waals surface area contributed by atoms with Crippen LogP contribution in [0.2, 0.25) is 0 Å². The van der Waals surface area contributed by atoms with Crippen LogP contribution >= 0.6 is 0 Å². The van der Waals surface area contributed by atoms with Crippen molar-refractivity contribution in [3.05, 3.63) is 24.3 Å². The molecule has 9 heteroatoms. The van der Waals surface area contributed by atoms with E-state index in [0.29, 0.717) is 23.9 Å². The molecule has 0 saturated carbocycles. The molecule has 9 nitrogen and oxygen atoms in total. The minimum Gasteiger partial charge on any atom is -0.477 e. The second-order valence-electron chi connectivity index (χ2n) is 14.9. The molecule has 2 unspecified atom stereocenters. The van der Waals surface area contributed by atoms with E-state index in [1.807, 2.05) is 21.1 Å². The van der Waals surface area contributed by atoms with Crippen LogP contribution < -0.4 is 0 Å². The highest BCUT2D eigenvalue weighted by Crippen LogP contribution is 2.13. The summed E-state index contributed by atoms with van der Waals surface area (Å²) in [4.78, 5) is 36.9. The quantitative estimate of drug-likeness (QED) is 0.0222. The summed E-state index contributed by atoms with van der Waals surface area (Å²) < 4.78 is 22.6. The molecular formula is C42H78NO8+. The molecule has 0 bridgehead atoms. The molecule has 0 amide bonds. The minimum absolute atomic E-state index is 0.186. The van der Waals surface area contributed by atoms with Crippen molar-refractivity contribution in [2.45, 2.75) is 180 Å². The number of carbonyl (C=O) groups is 3. The average Bonchev–Trinajstić information content (AvgIpc) is 3.08. The fourth-order valence-electron chi connectivity index (χ4n) is 5.41. The van der Waals surface area contributed by atoms with Gasteiger partial charge in [-0.25, -0.2) is 4.79 Å². The predicted octanol–water partition coefficient (Wildman–Crippen LogP) is 10.1. The molecule has 298 valence electrons. The number of quaternary nitrogens is 1. The monoisotopic (exact) mass is 725 g/mol. The number of rotatable bonds is 37. The predicted molar refractivity (Wildman–Crippen MR) is 208 cm³/mol. The van der Waals surface area contributed by atoms with E-state index in [-0.39, 0.29) is 32.2 Å². The highest BCUT2D eigenvalue weighted by atomic mass is 16.7. The fourth-order valence-corrected chi connectivity index (χ4v) is 5.41. The lowest BCUT2D eigenvalue weighted by atomic mass is 10.1. The highest BCUT2D eigenvalue weighted by molar-refractivity contribution is 5.71. The van der Waals surface area contributed by atoms with Crippen LogP contribution in [0, 0.1) is 0 Å². The molecule has 0 aliphatic carbocycles. The third kappa shape index (κ3) is 35.9. The van der Waals surface area contributed by atoms with Gasteiger partial charge in [0.25, 0.3) is 6.29 Å². The van der Waals surface area contributed by atoms with Gasteiger partial charge in [-0.1, -0.05) is 115 Å². The number of carboxylic acids is 1. The maximum atomic E-state index is 12.7. The number of carbonyl (C=O) groups excluding carboxylic acids is 2. The van der Waals surface area contributed by atoms with Crippen molar-refractivity contribution in [3.63, 3.8) is 0 Å². The van der Waals surface area contributed by atoms with Gasteiger partial charge in [-0.15, -0.1) is 0 Å². The molecular weight excluding hydrogens is 646 g/mol. The summed E-state index contributed by atoms with van der Waals surface area (Å²) in [6.45, 7) is 4.80. The largest absolute Gasteiger partial charge is 0.477 e. The third-order valence-corrected chi connectivity index (χ3v) is 8.68. The van der Waals surface area contributed by atoms with Crippen molar-refractivity contribution >= 4 is 17.9 Å². The van der Waals surface area contributed by atoms with Crippen molar-refractivity contribution in [2.24, 2.45) is 0 Å². The Kier molecular flexibility index (Phi) is 33.3. The number of carboxylic acid groups (broad SMARTS) is 1. The summed E-state index contributed by atoms with van der Waals surface area (Å²) in [7, 11) is 5.94. The van der Waals surface area contributed by atoms with Crippen LogP contribution in [0.5, 0.6) is 0 Å². The lowest BCUT2D eigenvalue weighted by Gasteiger charge is -2.25. The van der Waals surface area contributed by atoms with E-state index >= 15 is 0 Å². The van der Waals surface area contributed by atoms with Crippen LogP contribution in [-0.4, -0.2) is 87.4 Å². The molecule has 0 heterocycles. The molecule has 51 heavy (non-hydrogen) atoms. The number of nitrogens with zero attached hydrogens (tertiary/aromatic N) is 1. The minimum atomic E-state index is -1.51. The van der Waals surface area contributed by atoms with Crippen molar-refractivity contribution in [1.82, 2.24) is 0 Å². The van der Waals surface area contributed by atoms with Crippen LogP contribution in [0.3, 0.4) is 0 Å². The smallest absolute Gasteiger partial charge is 0.361 e. The zero-order valence-electron chi connectivity index (χ0n) is 33.5. The summed E-state index contributed by atoms with van der Waals surface area (Å²) >= 11 is 0. The fraction of sp³-hybridized carbons (Fsp3) is 0.833. The Balaban J connectivity index is 4.53. The molecule has 0 saturated heterocycles. The first-order valence-electron chi connectivity index (χ1n) is 20.5. The molecule has 0 aromatic heterocycles. The van der Waals surface area contributed by atoms with Crippen molar-refractivity contribution in [2.75, 3.05) is 47.5 Å². The van der Waals surface area contributed by atoms with Crippen LogP contribution in [0.4, 0.5) is 0 Å². The summed E-state index contributed by atoms with van der Waals surface area (Å²) in [6.07, 6.45) is 32.3. The van der Waals surface area contributed by atoms with E-state index in [9.17, 15) is 19.5 Å². The lowest BCUT2D eigenvalue weighted by Crippen LogP contribution is -2.40. The van der Waals surface area contributed by atoms with E-state index in [1.54, 1.807) is 0 Å². The molecule has 1 N–H and O–H groups in total. The number of aliphatic carboxylic acids is 1. The molecule has 0 spiro atoms. The first-order valence-corrected chi connectivity index (χ1v) is 20.5. The highest BCUT2D eigenvalue weighted by Gasteiger charge is 2.25. The Labute approximate surface area is 312 Å². The van der Waals surface area contributed by atoms with Crippen molar-refractivity contribution < 1.29 is 42.9 Å². The first kappa shape index (κ1) is 48.8. The summed E-state index contributed by atoms with van der Waals surface area (Å²) in [5.74, 6) is -2.03. The van der Waals surface area contributed by atoms with Crippen LogP contribution in [0.15, 0.2) is 24.3 Å². The molecule has 0 aromatic carbocycles. The molecule has 2 atom stereocenters. The maximum Gasteiger partial charge on any atom is 0.361 e. The second-order valence-corrected chi connectivity index (χ2v) is 14.9. The molecule has 0 rings (SSSR count). The van der Waals surface area contributed by atoms with Crippen LogP contribution in [0.25, 0.3) is 0 Å². The summed E-state index contributed by atoms with van der Waals surface area (Å²) in [5, 5.41) is 9.60. The number of hydrogen-bond acceptors (Lipinski definition) is 7. The van der Waals surface area contributed by atoms with Crippen LogP contribution in [-0.2, 0) is 33.3 Å². The number of unbranched alkanes of at least 4 members (excludes halogenated alkanes) is 18. The number of allylic oxidation sites excluding steroid dienone is 4. The number of hydrogen-bond donors (Lipinski definition) is 1. The van der Waals surface area contributed by atoms with Gasteiger partial charge in [0.05, 0.1) is 34.4 Å². The number of ether oxygens (including phenoxy) is 4. The van der Waals surface area contributed by atoms with E-state index in [4.69, 9.17) is 18.9 Å². The van der Waals surface area contributed by atoms with E-state index in [0.717, 1.165) is 70.6 Å². The van der Waals surface area contributed by atoms with Gasteiger partial charge in [0.15, 0.2) is 6.10 Å². The number of esters is 2. The van der Waals surface area contributed by atoms with Gasteiger partial charge in [0.1, 0.15) is 13.2 Å². The van der Waals surface area contributed by atoms with Crippen molar-refractivity contribution in [3.8, 4) is 0 Å². The van der Waals surface area contributed by atoms with E-state index < -0.39 is 24.3 Å². The Bertz CT molecular complexity index is 898. The zero-order chi connectivity index (χ0) is 37.8. The second kappa shape index (κ2) is 34.8. The Morgan fingerprint density at radius 1 is 0.569 bits per heavy atom. The van der Waals surface area contributed by atoms with Gasteiger partial charge in [-0.05, 0) is 64.2 Å². The van der Waals surface area contributed by atoms with Gasteiger partial charge in [-0.3, -0.25) is 9.59 Å². The maximum absolute atomic E-state index is 12.7. The zero-order valence-corrected chi connectivity index (χ0v) is 33.5. The normalized spacial score (nSPS) is 13.2. The standard InChI is InChI=1S/C42H77NO8/c1-6-8-10-12-14-16-18-20-22-24-26-28-30-32-39(44)49-36-38(37-50-42(41(46)47)48-35-34-43(3,4)5)51-40(45)33-31-29-27-25-23-21-19-17-15-13-11-9-7-2/h16-19,38,42H,6-15,20-37H2,1-5H3/p+1/b18-16-,19-17-. The van der Waals surface area contributed by atoms with Crippen molar-refractivity contribution in [1.29, 1.82) is 0 Å². The van der Waals surface area contributed by atoms with Gasteiger partial charge in [0, 0.05) is 12.8 Å². The van der Waals surface area contributed by atoms with Crippen LogP contribution in [0.1, 0.15) is 168 Å². The molecule has 0 radical (unpaired) electrons.